The highest BCUT2D eigenvalue weighted by Crippen LogP contribution is 2.08. The van der Waals surface area contributed by atoms with Crippen LogP contribution in [0.1, 0.15) is 10.4 Å². The first-order valence-electron chi connectivity index (χ1n) is 5.04. The molecule has 1 aromatic carbocycles. The van der Waals surface area contributed by atoms with Crippen LogP contribution in [-0.2, 0) is 0 Å². The summed E-state index contributed by atoms with van der Waals surface area (Å²) in [6, 6.07) is 6.36. The number of anilines is 1. The third kappa shape index (κ3) is 5.50. The Kier molecular flexibility index (Phi) is 7.36. The van der Waals surface area contributed by atoms with E-state index < -0.39 is 5.97 Å². The average molecular weight is 250 g/mol. The summed E-state index contributed by atoms with van der Waals surface area (Å²) in [7, 11) is 0. The van der Waals surface area contributed by atoms with E-state index in [0.717, 1.165) is 0 Å². The maximum atomic E-state index is 10.3. The number of carboxylic acid groups (broad SMARTS) is 1. The molecule has 2 rings (SSSR count). The number of nitrogens with two attached hydrogens (primary N) is 1. The van der Waals surface area contributed by atoms with Gasteiger partial charge in [0.1, 0.15) is 0 Å². The normalized spacial score (nSPS) is 11.3. The van der Waals surface area contributed by atoms with Gasteiger partial charge in [-0.2, -0.15) is 0 Å². The van der Waals surface area contributed by atoms with Crippen molar-refractivity contribution in [1.82, 2.24) is 5.32 Å². The van der Waals surface area contributed by atoms with Gasteiger partial charge in [-0.1, -0.05) is 24.3 Å². The maximum absolute atomic E-state index is 10.3. The number of nitrogen functional groups attached to an aromatic ring is 1. The number of rotatable bonds is 1. The standard InChI is InChI=1S/C7H7NO2.C6H7N.FH/c8-6-4-2-1-3-5(6)7(9)10;1-2-4-6-7-5-3-1;/h1-4H,8H2,(H,9,10);1-7H;1H. The van der Waals surface area contributed by atoms with Crippen molar-refractivity contribution >= 4 is 11.7 Å². The first-order valence-corrected chi connectivity index (χ1v) is 5.04. The smallest absolute Gasteiger partial charge is 0.337 e. The molecule has 0 saturated heterocycles. The van der Waals surface area contributed by atoms with Crippen LogP contribution in [0.25, 0.3) is 0 Å². The molecule has 0 amide bonds. The Morgan fingerprint density at radius 3 is 2.06 bits per heavy atom. The molecule has 0 fully saturated rings. The first-order chi connectivity index (χ1) is 8.22. The Balaban J connectivity index is 0.000000321. The lowest BCUT2D eigenvalue weighted by Crippen LogP contribution is -2.00. The van der Waals surface area contributed by atoms with Gasteiger partial charge >= 0.3 is 5.97 Å². The maximum Gasteiger partial charge on any atom is 0.337 e. The van der Waals surface area contributed by atoms with Crippen molar-refractivity contribution in [2.75, 3.05) is 5.73 Å². The molecule has 0 saturated carbocycles. The van der Waals surface area contributed by atoms with Crippen molar-refractivity contribution < 1.29 is 14.6 Å². The Bertz CT molecular complexity index is 454. The molecule has 0 atom stereocenters. The van der Waals surface area contributed by atoms with Crippen molar-refractivity contribution in [1.29, 1.82) is 0 Å². The molecule has 18 heavy (non-hydrogen) atoms. The van der Waals surface area contributed by atoms with E-state index in [0.29, 0.717) is 5.69 Å². The number of nitrogens with one attached hydrogen (secondary N) is 1. The molecular formula is C13H15FN2O2. The fraction of sp³-hybridized carbons (Fsp3) is 0. The number of benzene rings is 1. The van der Waals surface area contributed by atoms with Crippen LogP contribution in [0.15, 0.2) is 61.0 Å². The van der Waals surface area contributed by atoms with Crippen LogP contribution in [0.2, 0.25) is 0 Å². The van der Waals surface area contributed by atoms with Gasteiger partial charge in [0.2, 0.25) is 0 Å². The van der Waals surface area contributed by atoms with Crippen LogP contribution in [-0.4, -0.2) is 11.1 Å². The molecule has 1 aliphatic heterocycles. The van der Waals surface area contributed by atoms with E-state index in [4.69, 9.17) is 10.8 Å². The summed E-state index contributed by atoms with van der Waals surface area (Å²) in [5.74, 6) is -0.988. The number of halogens is 1. The van der Waals surface area contributed by atoms with Gasteiger partial charge in [0.15, 0.2) is 0 Å². The van der Waals surface area contributed by atoms with E-state index in [1.807, 2.05) is 36.7 Å². The van der Waals surface area contributed by atoms with Gasteiger partial charge in [-0.15, -0.1) is 0 Å². The molecule has 1 aliphatic rings. The molecule has 0 radical (unpaired) electrons. The van der Waals surface area contributed by atoms with E-state index >= 15 is 0 Å². The van der Waals surface area contributed by atoms with Gasteiger partial charge in [-0.05, 0) is 24.3 Å². The summed E-state index contributed by atoms with van der Waals surface area (Å²) in [6.07, 6.45) is 11.6. The fourth-order valence-electron chi connectivity index (χ4n) is 1.10. The SMILES string of the molecule is C1=CC=CNC=C1.F.Nc1ccccc1C(=O)O. The minimum Gasteiger partial charge on any atom is -0.478 e. The van der Waals surface area contributed by atoms with Gasteiger partial charge in [-0.3, -0.25) is 4.70 Å². The third-order valence-corrected chi connectivity index (χ3v) is 1.91. The highest BCUT2D eigenvalue weighted by molar-refractivity contribution is 5.93. The van der Waals surface area contributed by atoms with E-state index in [1.54, 1.807) is 18.2 Å². The van der Waals surface area contributed by atoms with Crippen LogP contribution >= 0.6 is 0 Å². The summed E-state index contributed by atoms with van der Waals surface area (Å²) in [5.41, 5.74) is 5.80. The van der Waals surface area contributed by atoms with Crippen LogP contribution in [0.4, 0.5) is 10.4 Å². The molecule has 0 aliphatic carbocycles. The first kappa shape index (κ1) is 15.4. The predicted molar refractivity (Wildman–Crippen MR) is 70.9 cm³/mol. The summed E-state index contributed by atoms with van der Waals surface area (Å²) >= 11 is 0. The molecule has 1 heterocycles. The lowest BCUT2D eigenvalue weighted by atomic mass is 10.2. The lowest BCUT2D eigenvalue weighted by Gasteiger charge is -1.96. The Morgan fingerprint density at radius 1 is 1.06 bits per heavy atom. The summed E-state index contributed by atoms with van der Waals surface area (Å²) < 4.78 is 0. The number of aromatic carboxylic acids is 1. The number of hydrogen-bond acceptors (Lipinski definition) is 3. The average Bonchev–Trinajstić information content (AvgIpc) is 2.62. The number of allylic oxidation sites excluding steroid dienone is 4. The van der Waals surface area contributed by atoms with Crippen LogP contribution in [0.5, 0.6) is 0 Å². The number of carboxylic acids is 1. The van der Waals surface area contributed by atoms with Crippen molar-refractivity contribution in [3.63, 3.8) is 0 Å². The largest absolute Gasteiger partial charge is 0.478 e. The summed E-state index contributed by atoms with van der Waals surface area (Å²) in [5, 5.41) is 11.4. The molecule has 1 aromatic rings. The molecule has 0 aromatic heterocycles. The van der Waals surface area contributed by atoms with Gasteiger partial charge in [0.25, 0.3) is 0 Å². The topological polar surface area (TPSA) is 75.3 Å². The molecule has 96 valence electrons. The van der Waals surface area contributed by atoms with E-state index in [2.05, 4.69) is 5.32 Å². The van der Waals surface area contributed by atoms with Crippen molar-refractivity contribution in [3.05, 3.63) is 66.5 Å². The van der Waals surface area contributed by atoms with E-state index in [1.165, 1.54) is 6.07 Å². The molecule has 4 nitrogen and oxygen atoms in total. The zero-order chi connectivity index (χ0) is 12.5. The molecule has 5 heteroatoms. The van der Waals surface area contributed by atoms with Gasteiger partial charge in [0.05, 0.1) is 5.56 Å². The van der Waals surface area contributed by atoms with Crippen molar-refractivity contribution in [2.24, 2.45) is 0 Å². The fourth-order valence-corrected chi connectivity index (χ4v) is 1.10. The van der Waals surface area contributed by atoms with Gasteiger partial charge < -0.3 is 16.2 Å². The molecular weight excluding hydrogens is 235 g/mol. The third-order valence-electron chi connectivity index (χ3n) is 1.91. The molecule has 0 unspecified atom stereocenters. The zero-order valence-electron chi connectivity index (χ0n) is 9.61. The van der Waals surface area contributed by atoms with Crippen molar-refractivity contribution in [2.45, 2.75) is 0 Å². The van der Waals surface area contributed by atoms with E-state index in [9.17, 15) is 4.79 Å². The van der Waals surface area contributed by atoms with E-state index in [-0.39, 0.29) is 10.3 Å². The van der Waals surface area contributed by atoms with Gasteiger partial charge in [-0.25, -0.2) is 4.79 Å². The van der Waals surface area contributed by atoms with Gasteiger partial charge in [0, 0.05) is 18.1 Å². The molecule has 0 bridgehead atoms. The second kappa shape index (κ2) is 8.58. The second-order valence-corrected chi connectivity index (χ2v) is 3.16. The van der Waals surface area contributed by atoms with Crippen LogP contribution < -0.4 is 11.1 Å². The van der Waals surface area contributed by atoms with Crippen molar-refractivity contribution in [3.8, 4) is 0 Å². The Labute approximate surface area is 104 Å². The number of para-hydroxylation sites is 1. The molecule has 4 N–H and O–H groups in total. The number of carbonyl (C=O) groups is 1. The minimum absolute atomic E-state index is 0. The lowest BCUT2D eigenvalue weighted by molar-refractivity contribution is 0.0698. The van der Waals surface area contributed by atoms with Crippen LogP contribution in [0.3, 0.4) is 0 Å². The summed E-state index contributed by atoms with van der Waals surface area (Å²) in [4.78, 5) is 10.3. The predicted octanol–water partition coefficient (Wildman–Crippen LogP) is 2.29. The minimum atomic E-state index is -0.988. The highest BCUT2D eigenvalue weighted by Gasteiger charge is 2.03. The number of hydrogen-bond donors (Lipinski definition) is 3. The second-order valence-electron chi connectivity index (χ2n) is 3.16. The Hall–Kier alpha value is -2.56. The molecule has 0 spiro atoms. The quantitative estimate of drug-likeness (QED) is 0.668. The zero-order valence-corrected chi connectivity index (χ0v) is 9.61. The monoisotopic (exact) mass is 250 g/mol. The Morgan fingerprint density at radius 2 is 1.61 bits per heavy atom. The summed E-state index contributed by atoms with van der Waals surface area (Å²) in [6.45, 7) is 0. The van der Waals surface area contributed by atoms with Crippen LogP contribution in [0, 0.1) is 0 Å². The highest BCUT2D eigenvalue weighted by atomic mass is 19.0.